The fourth-order valence-corrected chi connectivity index (χ4v) is 4.06. The zero-order valence-corrected chi connectivity index (χ0v) is 19.1. The van der Waals surface area contributed by atoms with Gasteiger partial charge in [0, 0.05) is 11.6 Å². The van der Waals surface area contributed by atoms with Crippen molar-refractivity contribution in [3.05, 3.63) is 94.6 Å². The molecule has 1 aliphatic rings. The van der Waals surface area contributed by atoms with Crippen LogP contribution in [0.3, 0.4) is 0 Å². The molecule has 3 aromatic carbocycles. The maximum atomic E-state index is 14.7. The first-order valence-corrected chi connectivity index (χ1v) is 11.0. The minimum Gasteiger partial charge on any atom is -0.508 e. The highest BCUT2D eigenvalue weighted by Crippen LogP contribution is 2.43. The number of benzene rings is 3. The number of rotatable bonds is 6. The number of carbonyl (C=O) groups is 2. The fraction of sp³-hybridized carbons (Fsp3) is 0.185. The summed E-state index contributed by atoms with van der Waals surface area (Å²) < 4.78 is 33.9. The van der Waals surface area contributed by atoms with Gasteiger partial charge >= 0.3 is 0 Å². The molecular formula is C27H23F2NO5. The summed E-state index contributed by atoms with van der Waals surface area (Å²) in [6.07, 6.45) is 0.817. The summed E-state index contributed by atoms with van der Waals surface area (Å²) in [4.78, 5) is 27.1. The molecule has 1 fully saturated rings. The van der Waals surface area contributed by atoms with E-state index in [9.17, 15) is 28.6 Å². The Morgan fingerprint density at radius 1 is 1.03 bits per heavy atom. The first-order chi connectivity index (χ1) is 16.7. The average molecular weight is 479 g/mol. The van der Waals surface area contributed by atoms with Gasteiger partial charge in [0.15, 0.2) is 0 Å². The number of halogens is 2. The number of ketones is 1. The Morgan fingerprint density at radius 2 is 1.74 bits per heavy atom. The van der Waals surface area contributed by atoms with E-state index in [1.807, 2.05) is 6.92 Å². The van der Waals surface area contributed by atoms with Crippen molar-refractivity contribution in [3.63, 3.8) is 0 Å². The molecule has 0 spiro atoms. The number of ether oxygens (including phenoxy) is 1. The van der Waals surface area contributed by atoms with Crippen LogP contribution in [-0.2, 0) is 9.59 Å². The molecule has 35 heavy (non-hydrogen) atoms. The lowest BCUT2D eigenvalue weighted by Crippen LogP contribution is -2.30. The largest absolute Gasteiger partial charge is 0.508 e. The normalized spacial score (nSPS) is 17.1. The number of amides is 1. The summed E-state index contributed by atoms with van der Waals surface area (Å²) >= 11 is 0. The van der Waals surface area contributed by atoms with Crippen LogP contribution in [0.5, 0.6) is 11.5 Å². The molecular weight excluding hydrogens is 456 g/mol. The Balaban J connectivity index is 1.89. The number of phenolic OH excluding ortho intramolecular Hbond substituents is 1. The van der Waals surface area contributed by atoms with Gasteiger partial charge < -0.3 is 14.9 Å². The number of carbonyl (C=O) groups excluding carboxylic acids is 2. The van der Waals surface area contributed by atoms with Crippen molar-refractivity contribution >= 4 is 23.1 Å². The maximum Gasteiger partial charge on any atom is 0.300 e. The third kappa shape index (κ3) is 4.47. The van der Waals surface area contributed by atoms with Crippen molar-refractivity contribution in [1.82, 2.24) is 0 Å². The summed E-state index contributed by atoms with van der Waals surface area (Å²) in [5, 5.41) is 20.9. The van der Waals surface area contributed by atoms with Gasteiger partial charge in [0.25, 0.3) is 11.7 Å². The second-order valence-electron chi connectivity index (χ2n) is 8.19. The van der Waals surface area contributed by atoms with E-state index in [-0.39, 0.29) is 22.6 Å². The van der Waals surface area contributed by atoms with Gasteiger partial charge in [-0.3, -0.25) is 14.5 Å². The molecule has 2 N–H and O–H groups in total. The van der Waals surface area contributed by atoms with Crippen LogP contribution in [0.2, 0.25) is 0 Å². The second kappa shape index (κ2) is 9.58. The Morgan fingerprint density at radius 3 is 2.37 bits per heavy atom. The van der Waals surface area contributed by atoms with Gasteiger partial charge in [0.05, 0.1) is 23.9 Å². The van der Waals surface area contributed by atoms with Gasteiger partial charge in [-0.1, -0.05) is 19.1 Å². The number of aryl methyl sites for hydroxylation is 1. The topological polar surface area (TPSA) is 87.1 Å². The molecule has 1 saturated heterocycles. The van der Waals surface area contributed by atoms with Crippen molar-refractivity contribution in [2.45, 2.75) is 26.3 Å². The molecule has 1 atom stereocenters. The molecule has 0 radical (unpaired) electrons. The Labute approximate surface area is 200 Å². The van der Waals surface area contributed by atoms with Gasteiger partial charge in [0.1, 0.15) is 28.9 Å². The monoisotopic (exact) mass is 479 g/mol. The van der Waals surface area contributed by atoms with E-state index in [1.54, 1.807) is 25.1 Å². The number of aliphatic hydroxyl groups is 1. The number of Topliss-reactive ketones (excluding diaryl/α,β-unsaturated/α-hetero) is 1. The highest BCUT2D eigenvalue weighted by Gasteiger charge is 2.47. The van der Waals surface area contributed by atoms with Crippen LogP contribution in [0.1, 0.15) is 36.1 Å². The molecule has 1 unspecified atom stereocenters. The molecule has 6 nitrogen and oxygen atoms in total. The van der Waals surface area contributed by atoms with E-state index in [0.29, 0.717) is 29.5 Å². The highest BCUT2D eigenvalue weighted by molar-refractivity contribution is 6.51. The number of aliphatic hydroxyl groups excluding tert-OH is 1. The minimum absolute atomic E-state index is 0.0584. The number of aromatic hydroxyl groups is 1. The van der Waals surface area contributed by atoms with Crippen LogP contribution in [0.25, 0.3) is 5.76 Å². The summed E-state index contributed by atoms with van der Waals surface area (Å²) in [5.41, 5.74) is 0.748. The molecule has 180 valence electrons. The first kappa shape index (κ1) is 23.9. The first-order valence-electron chi connectivity index (χ1n) is 11.0. The second-order valence-corrected chi connectivity index (χ2v) is 8.19. The number of anilines is 1. The molecule has 1 amide bonds. The smallest absolute Gasteiger partial charge is 0.300 e. The van der Waals surface area contributed by atoms with Crippen molar-refractivity contribution in [1.29, 1.82) is 0 Å². The lowest BCUT2D eigenvalue weighted by molar-refractivity contribution is -0.132. The van der Waals surface area contributed by atoms with Crippen LogP contribution in [-0.4, -0.2) is 28.5 Å². The molecule has 0 aliphatic carbocycles. The standard InChI is InChI=1S/C27H23F2NO5/c1-3-12-35-22-11-6-17(13-15(22)2)25(32)23-24(16-4-8-19(31)9-5-16)30(27(34)26(23)33)21-10-7-18(28)14-20(21)29/h4-11,13-14,24,31-32H,3,12H2,1-2H3/b25-23+. The lowest BCUT2D eigenvalue weighted by atomic mass is 9.94. The summed E-state index contributed by atoms with van der Waals surface area (Å²) in [6, 6.07) is 11.9. The van der Waals surface area contributed by atoms with E-state index in [0.717, 1.165) is 23.5 Å². The van der Waals surface area contributed by atoms with Crippen LogP contribution in [0.15, 0.2) is 66.2 Å². The molecule has 1 heterocycles. The quantitative estimate of drug-likeness (QED) is 0.281. The predicted molar refractivity (Wildman–Crippen MR) is 126 cm³/mol. The van der Waals surface area contributed by atoms with Crippen LogP contribution in [0.4, 0.5) is 14.5 Å². The van der Waals surface area contributed by atoms with E-state index in [1.165, 1.54) is 24.3 Å². The Bertz CT molecular complexity index is 1330. The molecule has 3 aromatic rings. The molecule has 0 saturated carbocycles. The van der Waals surface area contributed by atoms with Crippen molar-refractivity contribution in [2.75, 3.05) is 11.5 Å². The Kier molecular flexibility index (Phi) is 6.55. The number of hydrogen-bond donors (Lipinski definition) is 2. The molecule has 1 aliphatic heterocycles. The van der Waals surface area contributed by atoms with E-state index in [2.05, 4.69) is 0 Å². The predicted octanol–water partition coefficient (Wildman–Crippen LogP) is 5.39. The molecule has 8 heteroatoms. The van der Waals surface area contributed by atoms with Gasteiger partial charge in [0.2, 0.25) is 0 Å². The highest BCUT2D eigenvalue weighted by atomic mass is 19.1. The van der Waals surface area contributed by atoms with Crippen LogP contribution >= 0.6 is 0 Å². The van der Waals surface area contributed by atoms with Crippen molar-refractivity contribution in [3.8, 4) is 11.5 Å². The summed E-state index contributed by atoms with van der Waals surface area (Å²) in [6.45, 7) is 4.27. The summed E-state index contributed by atoms with van der Waals surface area (Å²) in [7, 11) is 0. The van der Waals surface area contributed by atoms with Gasteiger partial charge in [-0.2, -0.15) is 0 Å². The van der Waals surface area contributed by atoms with Gasteiger partial charge in [-0.15, -0.1) is 0 Å². The van der Waals surface area contributed by atoms with Crippen molar-refractivity contribution in [2.24, 2.45) is 0 Å². The zero-order valence-electron chi connectivity index (χ0n) is 19.1. The van der Waals surface area contributed by atoms with Crippen LogP contribution in [0, 0.1) is 18.6 Å². The SMILES string of the molecule is CCCOc1ccc(/C(O)=C2\C(=O)C(=O)N(c3ccc(F)cc3F)C2c2ccc(O)cc2)cc1C. The van der Waals surface area contributed by atoms with E-state index >= 15 is 0 Å². The van der Waals surface area contributed by atoms with Crippen LogP contribution < -0.4 is 9.64 Å². The number of nitrogens with zero attached hydrogens (tertiary/aromatic N) is 1. The lowest BCUT2D eigenvalue weighted by Gasteiger charge is -2.26. The van der Waals surface area contributed by atoms with Gasteiger partial charge in [-0.25, -0.2) is 8.78 Å². The third-order valence-corrected chi connectivity index (χ3v) is 5.73. The maximum absolute atomic E-state index is 14.7. The molecule has 4 rings (SSSR count). The molecule has 0 bridgehead atoms. The fourth-order valence-electron chi connectivity index (χ4n) is 4.06. The minimum atomic E-state index is -1.22. The molecule has 0 aromatic heterocycles. The Hall–Kier alpha value is -4.20. The van der Waals surface area contributed by atoms with Gasteiger partial charge in [-0.05, 0) is 66.9 Å². The average Bonchev–Trinajstić information content (AvgIpc) is 3.09. The van der Waals surface area contributed by atoms with E-state index in [4.69, 9.17) is 4.74 Å². The van der Waals surface area contributed by atoms with E-state index < -0.39 is 35.1 Å². The third-order valence-electron chi connectivity index (χ3n) is 5.73. The zero-order chi connectivity index (χ0) is 25.3. The number of phenols is 1. The van der Waals surface area contributed by atoms with Crippen molar-refractivity contribution < 1.29 is 33.3 Å². The number of hydrogen-bond acceptors (Lipinski definition) is 5. The summed E-state index contributed by atoms with van der Waals surface area (Å²) in [5.74, 6) is -3.86.